The van der Waals surface area contributed by atoms with E-state index in [4.69, 9.17) is 4.42 Å². The Kier molecular flexibility index (Phi) is 6.94. The molecule has 1 saturated heterocycles. The SMILES string of the molecule is O=C(c1cc(-c2nc3cc(-c4noc(=O)[nH]4)ccc3o2)ccn1)N1CCN([C@@H](c2ccccc2)c2nnn(C(F)F)n2)CC1. The molecule has 1 aliphatic rings. The molecular weight excluding hydrogens is 578 g/mol. The molecule has 1 aliphatic heterocycles. The van der Waals surface area contributed by atoms with Crippen molar-refractivity contribution in [1.82, 2.24) is 50.1 Å². The summed E-state index contributed by atoms with van der Waals surface area (Å²) < 4.78 is 36.8. The molecule has 1 N–H and O–H groups in total. The van der Waals surface area contributed by atoms with Crippen LogP contribution in [-0.4, -0.2) is 82.2 Å². The van der Waals surface area contributed by atoms with Crippen molar-refractivity contribution < 1.29 is 22.5 Å². The normalized spacial score (nSPS) is 14.8. The van der Waals surface area contributed by atoms with Crippen molar-refractivity contribution in [3.63, 3.8) is 0 Å². The van der Waals surface area contributed by atoms with E-state index in [-0.39, 0.29) is 28.0 Å². The number of amides is 1. The summed E-state index contributed by atoms with van der Waals surface area (Å²) in [6.45, 7) is -1.28. The molecule has 16 heteroatoms. The van der Waals surface area contributed by atoms with Gasteiger partial charge in [0, 0.05) is 43.5 Å². The first-order chi connectivity index (χ1) is 21.4. The number of nitrogens with zero attached hydrogens (tertiary/aromatic N) is 9. The van der Waals surface area contributed by atoms with Gasteiger partial charge in [-0.05, 0) is 41.1 Å². The van der Waals surface area contributed by atoms with Crippen LogP contribution in [0.3, 0.4) is 0 Å². The van der Waals surface area contributed by atoms with Crippen LogP contribution in [-0.2, 0) is 0 Å². The molecule has 0 spiro atoms. The van der Waals surface area contributed by atoms with Crippen molar-refractivity contribution >= 4 is 17.0 Å². The van der Waals surface area contributed by atoms with Crippen molar-refractivity contribution in [2.24, 2.45) is 0 Å². The number of fused-ring (bicyclic) bond motifs is 1. The Labute approximate surface area is 245 Å². The number of hydrogen-bond donors (Lipinski definition) is 1. The summed E-state index contributed by atoms with van der Waals surface area (Å²) in [6.07, 6.45) is 1.52. The lowest BCUT2D eigenvalue weighted by molar-refractivity contribution is 0.0385. The zero-order valence-electron chi connectivity index (χ0n) is 22.7. The molecule has 2 aromatic carbocycles. The Morgan fingerprint density at radius 2 is 1.80 bits per heavy atom. The zero-order valence-corrected chi connectivity index (χ0v) is 22.7. The Balaban J connectivity index is 1.08. The number of carbonyl (C=O) groups excluding carboxylic acids is 1. The van der Waals surface area contributed by atoms with Crippen LogP contribution in [0.2, 0.25) is 0 Å². The van der Waals surface area contributed by atoms with E-state index in [0.717, 1.165) is 5.56 Å². The zero-order chi connectivity index (χ0) is 30.2. The molecular formula is C28H22F2N10O4. The topological polar surface area (TPSA) is 165 Å². The van der Waals surface area contributed by atoms with Gasteiger partial charge in [0.1, 0.15) is 11.2 Å². The quantitative estimate of drug-likeness (QED) is 0.286. The first-order valence-electron chi connectivity index (χ1n) is 13.5. The molecule has 4 aromatic heterocycles. The van der Waals surface area contributed by atoms with Crippen molar-refractivity contribution in [2.75, 3.05) is 26.2 Å². The molecule has 44 heavy (non-hydrogen) atoms. The van der Waals surface area contributed by atoms with E-state index in [1.54, 1.807) is 35.2 Å². The predicted molar refractivity (Wildman–Crippen MR) is 148 cm³/mol. The number of tetrazole rings is 1. The molecule has 1 fully saturated rings. The molecule has 14 nitrogen and oxygen atoms in total. The van der Waals surface area contributed by atoms with Gasteiger partial charge in [-0.2, -0.15) is 8.78 Å². The van der Waals surface area contributed by atoms with Gasteiger partial charge in [0.2, 0.25) is 5.89 Å². The summed E-state index contributed by atoms with van der Waals surface area (Å²) in [6, 6.07) is 17.3. The molecule has 0 radical (unpaired) electrons. The van der Waals surface area contributed by atoms with E-state index in [9.17, 15) is 18.4 Å². The van der Waals surface area contributed by atoms with Crippen LogP contribution in [0.25, 0.3) is 33.9 Å². The highest BCUT2D eigenvalue weighted by Gasteiger charge is 2.32. The highest BCUT2D eigenvalue weighted by Crippen LogP contribution is 2.29. The Bertz CT molecular complexity index is 2000. The number of benzene rings is 2. The molecule has 222 valence electrons. The number of halogens is 2. The average molecular weight is 601 g/mol. The number of oxazole rings is 1. The first kappa shape index (κ1) is 27.2. The standard InChI is InChI=1S/C28H22F2N10O4/c29-27(30)40-35-24(34-37-40)22(16-4-2-1-3-5-16)38-10-12-39(13-11-38)26(41)20-15-18(8-9-31-20)25-32-19-14-17(6-7-21(19)43-25)23-33-28(42)44-36-23/h1-9,14-15,22,27H,10-13H2,(H,33,36,42)/t22-/m0/s1. The van der Waals surface area contributed by atoms with Gasteiger partial charge >= 0.3 is 12.3 Å². The number of aromatic nitrogens is 8. The Hall–Kier alpha value is -5.64. The summed E-state index contributed by atoms with van der Waals surface area (Å²) in [5, 5.41) is 15.0. The van der Waals surface area contributed by atoms with Crippen LogP contribution >= 0.6 is 0 Å². The van der Waals surface area contributed by atoms with E-state index in [2.05, 4.69) is 40.0 Å². The maximum Gasteiger partial charge on any atom is 0.439 e. The van der Waals surface area contributed by atoms with Crippen molar-refractivity contribution in [3.05, 3.63) is 94.5 Å². The van der Waals surface area contributed by atoms with Crippen LogP contribution in [0.1, 0.15) is 34.5 Å². The molecule has 5 heterocycles. The molecule has 7 rings (SSSR count). The van der Waals surface area contributed by atoms with Gasteiger partial charge in [0.05, 0.1) is 6.04 Å². The number of carbonyl (C=O) groups is 1. The third kappa shape index (κ3) is 5.22. The van der Waals surface area contributed by atoms with Gasteiger partial charge in [-0.15, -0.1) is 10.2 Å². The van der Waals surface area contributed by atoms with Gasteiger partial charge in [0.15, 0.2) is 17.2 Å². The molecule has 1 atom stereocenters. The summed E-state index contributed by atoms with van der Waals surface area (Å²) in [7, 11) is 0. The van der Waals surface area contributed by atoms with Crippen molar-refractivity contribution in [3.8, 4) is 22.8 Å². The first-order valence-corrected chi connectivity index (χ1v) is 13.5. The molecule has 0 bridgehead atoms. The van der Waals surface area contributed by atoms with Gasteiger partial charge in [-0.3, -0.25) is 24.2 Å². The minimum atomic E-state index is -2.90. The summed E-state index contributed by atoms with van der Waals surface area (Å²) in [5.41, 5.74) is 3.24. The second-order valence-corrected chi connectivity index (χ2v) is 9.96. The molecule has 0 aliphatic carbocycles. The minimum absolute atomic E-state index is 0.158. The second kappa shape index (κ2) is 11.2. The lowest BCUT2D eigenvalue weighted by atomic mass is 10.0. The number of hydrogen-bond acceptors (Lipinski definition) is 11. The number of aromatic amines is 1. The fraction of sp³-hybridized carbons (Fsp3) is 0.214. The van der Waals surface area contributed by atoms with Crippen LogP contribution in [0.5, 0.6) is 0 Å². The van der Waals surface area contributed by atoms with Gasteiger partial charge in [-0.1, -0.05) is 40.3 Å². The van der Waals surface area contributed by atoms with E-state index >= 15 is 0 Å². The number of rotatable bonds is 7. The summed E-state index contributed by atoms with van der Waals surface area (Å²) >= 11 is 0. The van der Waals surface area contributed by atoms with Crippen molar-refractivity contribution in [2.45, 2.75) is 12.6 Å². The van der Waals surface area contributed by atoms with Crippen molar-refractivity contribution in [1.29, 1.82) is 0 Å². The van der Waals surface area contributed by atoms with Gasteiger partial charge < -0.3 is 9.32 Å². The summed E-state index contributed by atoms with van der Waals surface area (Å²) in [5.74, 6) is -0.210. The lowest BCUT2D eigenvalue weighted by Crippen LogP contribution is -2.50. The summed E-state index contributed by atoms with van der Waals surface area (Å²) in [4.78, 5) is 40.1. The molecule has 1 amide bonds. The predicted octanol–water partition coefficient (Wildman–Crippen LogP) is 3.16. The molecule has 0 saturated carbocycles. The molecule has 6 aromatic rings. The van der Waals surface area contributed by atoms with Crippen LogP contribution in [0.4, 0.5) is 8.78 Å². The van der Waals surface area contributed by atoms with E-state index in [0.29, 0.717) is 54.3 Å². The Morgan fingerprint density at radius 1 is 0.977 bits per heavy atom. The average Bonchev–Trinajstić information content (AvgIpc) is 3.82. The highest BCUT2D eigenvalue weighted by atomic mass is 19.3. The monoisotopic (exact) mass is 600 g/mol. The number of nitrogens with one attached hydrogen (secondary N) is 1. The lowest BCUT2D eigenvalue weighted by Gasteiger charge is -2.38. The number of piperazine rings is 1. The maximum atomic E-state index is 13.5. The highest BCUT2D eigenvalue weighted by molar-refractivity contribution is 5.93. The number of alkyl halides is 2. The third-order valence-electron chi connectivity index (χ3n) is 7.27. The largest absolute Gasteiger partial charge is 0.439 e. The molecule has 0 unspecified atom stereocenters. The Morgan fingerprint density at radius 3 is 2.52 bits per heavy atom. The van der Waals surface area contributed by atoms with Crippen LogP contribution in [0.15, 0.2) is 80.6 Å². The van der Waals surface area contributed by atoms with Crippen LogP contribution in [0, 0.1) is 0 Å². The third-order valence-corrected chi connectivity index (χ3v) is 7.27. The second-order valence-electron chi connectivity index (χ2n) is 9.96. The minimum Gasteiger partial charge on any atom is -0.436 e. The van der Waals surface area contributed by atoms with E-state index in [1.165, 1.54) is 6.20 Å². The van der Waals surface area contributed by atoms with Crippen LogP contribution < -0.4 is 5.76 Å². The van der Waals surface area contributed by atoms with E-state index < -0.39 is 18.3 Å². The number of pyridine rings is 1. The smallest absolute Gasteiger partial charge is 0.436 e. The fourth-order valence-electron chi connectivity index (χ4n) is 5.17. The number of H-pyrrole nitrogens is 1. The van der Waals surface area contributed by atoms with E-state index in [1.807, 2.05) is 35.2 Å². The van der Waals surface area contributed by atoms with Gasteiger partial charge in [0.25, 0.3) is 5.91 Å². The van der Waals surface area contributed by atoms with Gasteiger partial charge in [-0.25, -0.2) is 9.78 Å². The fourth-order valence-corrected chi connectivity index (χ4v) is 5.17. The maximum absolute atomic E-state index is 13.5.